The third-order valence-corrected chi connectivity index (χ3v) is 4.76. The van der Waals surface area contributed by atoms with Crippen LogP contribution in [0.5, 0.6) is 0 Å². The lowest BCUT2D eigenvalue weighted by atomic mass is 9.94. The first-order valence-corrected chi connectivity index (χ1v) is 8.61. The van der Waals surface area contributed by atoms with Gasteiger partial charge in [-0.15, -0.1) is 0 Å². The quantitative estimate of drug-likeness (QED) is 0.616. The van der Waals surface area contributed by atoms with Crippen LogP contribution in [0, 0.1) is 20.8 Å². The third kappa shape index (κ3) is 4.70. The van der Waals surface area contributed by atoms with Crippen molar-refractivity contribution in [3.8, 4) is 0 Å². The molecular weight excluding hydrogens is 328 g/mol. The van der Waals surface area contributed by atoms with E-state index in [4.69, 9.17) is 4.84 Å². The van der Waals surface area contributed by atoms with Crippen molar-refractivity contribution in [3.63, 3.8) is 0 Å². The van der Waals surface area contributed by atoms with Crippen molar-refractivity contribution >= 4 is 17.5 Å². The first-order chi connectivity index (χ1) is 12.3. The van der Waals surface area contributed by atoms with Gasteiger partial charge in [0.15, 0.2) is 5.78 Å². The number of hydrogen-bond acceptors (Lipinski definition) is 3. The van der Waals surface area contributed by atoms with Gasteiger partial charge in [0.05, 0.1) is 7.11 Å². The van der Waals surface area contributed by atoms with Crippen LogP contribution in [0.25, 0.3) is 0 Å². The Bertz CT molecular complexity index is 798. The van der Waals surface area contributed by atoms with Crippen LogP contribution >= 0.6 is 0 Å². The van der Waals surface area contributed by atoms with Crippen molar-refractivity contribution in [2.75, 3.05) is 19.5 Å². The molecule has 1 N–H and O–H groups in total. The Kier molecular flexibility index (Phi) is 6.52. The Morgan fingerprint density at radius 2 is 1.65 bits per heavy atom. The van der Waals surface area contributed by atoms with Crippen LogP contribution < -0.4 is 5.32 Å². The van der Waals surface area contributed by atoms with Crippen LogP contribution in [-0.2, 0) is 11.3 Å². The number of benzene rings is 2. The van der Waals surface area contributed by atoms with E-state index in [1.165, 1.54) is 25.3 Å². The number of hydroxylamine groups is 2. The Morgan fingerprint density at radius 3 is 2.27 bits per heavy atom. The van der Waals surface area contributed by atoms with E-state index in [1.807, 2.05) is 43.3 Å². The zero-order valence-corrected chi connectivity index (χ0v) is 16.1. The molecule has 0 bridgehead atoms. The summed E-state index contributed by atoms with van der Waals surface area (Å²) in [5.74, 6) is 0.157. The molecule has 0 spiro atoms. The molecule has 5 heteroatoms. The van der Waals surface area contributed by atoms with Crippen LogP contribution in [0.3, 0.4) is 0 Å². The van der Waals surface area contributed by atoms with Gasteiger partial charge in [0.2, 0.25) is 0 Å². The number of nitrogens with one attached hydrogen (secondary N) is 1. The second-order valence-electron chi connectivity index (χ2n) is 6.41. The maximum Gasteiger partial charge on any atom is 0.345 e. The van der Waals surface area contributed by atoms with Crippen molar-refractivity contribution in [2.45, 2.75) is 33.6 Å². The molecular formula is C21H26N2O3. The predicted octanol–water partition coefficient (Wildman–Crippen LogP) is 4.45. The Balaban J connectivity index is 1.97. The summed E-state index contributed by atoms with van der Waals surface area (Å²) in [4.78, 5) is 29.1. The summed E-state index contributed by atoms with van der Waals surface area (Å²) in [5.41, 5.74) is 5.99. The third-order valence-electron chi connectivity index (χ3n) is 4.76. The molecule has 138 valence electrons. The number of carbonyl (C=O) groups is 2. The predicted molar refractivity (Wildman–Crippen MR) is 104 cm³/mol. The molecule has 0 heterocycles. The largest absolute Gasteiger partial charge is 0.345 e. The number of nitrogens with zero attached hydrogens (tertiary/aromatic N) is 1. The van der Waals surface area contributed by atoms with Gasteiger partial charge in [-0.25, -0.2) is 9.86 Å². The summed E-state index contributed by atoms with van der Waals surface area (Å²) in [6.45, 7) is 6.11. The average Bonchev–Trinajstić information content (AvgIpc) is 2.64. The zero-order chi connectivity index (χ0) is 19.3. The lowest BCUT2D eigenvalue weighted by Crippen LogP contribution is -2.30. The van der Waals surface area contributed by atoms with Crippen molar-refractivity contribution in [2.24, 2.45) is 0 Å². The van der Waals surface area contributed by atoms with Crippen LogP contribution in [0.4, 0.5) is 10.5 Å². The highest BCUT2D eigenvalue weighted by atomic mass is 16.7. The van der Waals surface area contributed by atoms with E-state index in [1.54, 1.807) is 0 Å². The number of rotatable bonds is 6. The van der Waals surface area contributed by atoms with Gasteiger partial charge in [-0.3, -0.25) is 9.63 Å². The van der Waals surface area contributed by atoms with Crippen molar-refractivity contribution in [1.82, 2.24) is 5.06 Å². The standard InChI is InChI=1S/C21H26N2O3/c1-14-6-12-19(16(3)15(14)2)20(24)13-9-17-7-10-18(11-8-17)22-21(25)23(4)26-5/h6-8,10-12H,9,13H2,1-5H3,(H,22,25). The number of hydrogen-bond donors (Lipinski definition) is 1. The van der Waals surface area contributed by atoms with Crippen LogP contribution in [0.1, 0.15) is 39.0 Å². The molecule has 0 aromatic heterocycles. The minimum atomic E-state index is -0.347. The van der Waals surface area contributed by atoms with E-state index in [9.17, 15) is 9.59 Å². The molecule has 0 aliphatic heterocycles. The minimum absolute atomic E-state index is 0.157. The van der Waals surface area contributed by atoms with E-state index < -0.39 is 0 Å². The van der Waals surface area contributed by atoms with Crippen molar-refractivity contribution in [3.05, 3.63) is 64.2 Å². The van der Waals surface area contributed by atoms with E-state index in [2.05, 4.69) is 19.2 Å². The highest BCUT2D eigenvalue weighted by Crippen LogP contribution is 2.20. The second kappa shape index (κ2) is 8.63. The molecule has 0 unspecified atom stereocenters. The Hall–Kier alpha value is -2.66. The maximum absolute atomic E-state index is 12.5. The topological polar surface area (TPSA) is 58.6 Å². The van der Waals surface area contributed by atoms with E-state index >= 15 is 0 Å². The van der Waals surface area contributed by atoms with Gasteiger partial charge in [0.25, 0.3) is 0 Å². The van der Waals surface area contributed by atoms with E-state index in [-0.39, 0.29) is 11.8 Å². The van der Waals surface area contributed by atoms with Gasteiger partial charge in [0, 0.05) is 24.7 Å². The number of ketones is 1. The van der Waals surface area contributed by atoms with Gasteiger partial charge in [-0.05, 0) is 61.6 Å². The fourth-order valence-corrected chi connectivity index (χ4v) is 2.69. The molecule has 0 saturated heterocycles. The molecule has 0 saturated carbocycles. The summed E-state index contributed by atoms with van der Waals surface area (Å²) in [6, 6.07) is 11.1. The summed E-state index contributed by atoms with van der Waals surface area (Å²) in [6.07, 6.45) is 1.12. The number of amides is 2. The summed E-state index contributed by atoms with van der Waals surface area (Å²) in [7, 11) is 2.96. The fraction of sp³-hybridized carbons (Fsp3) is 0.333. The summed E-state index contributed by atoms with van der Waals surface area (Å²) < 4.78 is 0. The monoisotopic (exact) mass is 354 g/mol. The SMILES string of the molecule is CON(C)C(=O)Nc1ccc(CCC(=O)c2ccc(C)c(C)c2C)cc1. The molecule has 2 amide bonds. The smallest absolute Gasteiger partial charge is 0.306 e. The molecule has 5 nitrogen and oxygen atoms in total. The van der Waals surface area contributed by atoms with E-state index in [0.717, 1.165) is 21.8 Å². The van der Waals surface area contributed by atoms with Gasteiger partial charge in [-0.2, -0.15) is 0 Å². The number of carbonyl (C=O) groups excluding carboxylic acids is 2. The fourth-order valence-electron chi connectivity index (χ4n) is 2.69. The van der Waals surface area contributed by atoms with Gasteiger partial charge < -0.3 is 5.32 Å². The van der Waals surface area contributed by atoms with Crippen LogP contribution in [-0.4, -0.2) is 31.0 Å². The molecule has 2 aromatic rings. The van der Waals surface area contributed by atoms with Crippen LogP contribution in [0.15, 0.2) is 36.4 Å². The van der Waals surface area contributed by atoms with Crippen molar-refractivity contribution in [1.29, 1.82) is 0 Å². The molecule has 0 atom stereocenters. The maximum atomic E-state index is 12.5. The van der Waals surface area contributed by atoms with E-state index in [0.29, 0.717) is 18.5 Å². The average molecular weight is 354 g/mol. The highest BCUT2D eigenvalue weighted by Gasteiger charge is 2.12. The number of urea groups is 1. The zero-order valence-electron chi connectivity index (χ0n) is 16.1. The van der Waals surface area contributed by atoms with Gasteiger partial charge in [0.1, 0.15) is 0 Å². The normalized spacial score (nSPS) is 10.5. The summed E-state index contributed by atoms with van der Waals surface area (Å²) >= 11 is 0. The Morgan fingerprint density at radius 1 is 1.00 bits per heavy atom. The van der Waals surface area contributed by atoms with Gasteiger partial charge >= 0.3 is 6.03 Å². The molecule has 2 rings (SSSR count). The minimum Gasteiger partial charge on any atom is -0.306 e. The number of aryl methyl sites for hydroxylation is 2. The van der Waals surface area contributed by atoms with Crippen LogP contribution in [0.2, 0.25) is 0 Å². The Labute approximate surface area is 154 Å². The molecule has 0 aliphatic rings. The lowest BCUT2D eigenvalue weighted by molar-refractivity contribution is -0.0598. The molecule has 2 aromatic carbocycles. The second-order valence-corrected chi connectivity index (χ2v) is 6.41. The molecule has 0 aliphatic carbocycles. The first-order valence-electron chi connectivity index (χ1n) is 8.61. The summed E-state index contributed by atoms with van der Waals surface area (Å²) in [5, 5.41) is 3.83. The first kappa shape index (κ1) is 19.7. The van der Waals surface area contributed by atoms with Crippen molar-refractivity contribution < 1.29 is 14.4 Å². The molecule has 26 heavy (non-hydrogen) atoms. The lowest BCUT2D eigenvalue weighted by Gasteiger charge is -2.14. The highest BCUT2D eigenvalue weighted by molar-refractivity contribution is 5.98. The molecule has 0 radical (unpaired) electrons. The number of Topliss-reactive ketones (excluding diaryl/α,β-unsaturated/α-hetero) is 1. The van der Waals surface area contributed by atoms with Gasteiger partial charge in [-0.1, -0.05) is 24.3 Å². The molecule has 0 fully saturated rings. The number of anilines is 1.